The average Bonchev–Trinajstić information content (AvgIpc) is 2.98. The monoisotopic (exact) mass is 333 g/mol. The van der Waals surface area contributed by atoms with Crippen LogP contribution in [0.15, 0.2) is 29.6 Å². The van der Waals surface area contributed by atoms with E-state index in [0.29, 0.717) is 23.8 Å². The first kappa shape index (κ1) is 15.6. The first-order valence-corrected chi connectivity index (χ1v) is 8.29. The van der Waals surface area contributed by atoms with Crippen LogP contribution in [0.2, 0.25) is 0 Å². The van der Waals surface area contributed by atoms with Crippen LogP contribution >= 0.6 is 11.3 Å². The highest BCUT2D eigenvalue weighted by Gasteiger charge is 2.20. The van der Waals surface area contributed by atoms with Crippen molar-refractivity contribution in [3.8, 4) is 11.3 Å². The van der Waals surface area contributed by atoms with Crippen LogP contribution in [0, 0.1) is 5.82 Å². The van der Waals surface area contributed by atoms with Crippen molar-refractivity contribution in [1.29, 1.82) is 0 Å². The molecule has 0 saturated carbocycles. The summed E-state index contributed by atoms with van der Waals surface area (Å²) < 4.78 is 12.9. The number of anilines is 1. The molecule has 7 heteroatoms. The number of aromatic nitrogens is 1. The van der Waals surface area contributed by atoms with Gasteiger partial charge in [0, 0.05) is 23.9 Å². The van der Waals surface area contributed by atoms with E-state index in [-0.39, 0.29) is 24.2 Å². The van der Waals surface area contributed by atoms with Crippen LogP contribution in [-0.4, -0.2) is 34.8 Å². The average molecular weight is 333 g/mol. The maximum Gasteiger partial charge on any atom is 0.245 e. The smallest absolute Gasteiger partial charge is 0.245 e. The molecule has 0 atom stereocenters. The third-order valence-corrected chi connectivity index (χ3v) is 4.40. The molecule has 1 N–H and O–H groups in total. The highest BCUT2D eigenvalue weighted by Crippen LogP contribution is 2.25. The van der Waals surface area contributed by atoms with E-state index in [1.54, 1.807) is 22.4 Å². The van der Waals surface area contributed by atoms with Crippen molar-refractivity contribution in [3.63, 3.8) is 0 Å². The molecule has 2 aromatic rings. The molecule has 1 aromatic heterocycles. The SMILES string of the molecule is O=C(CN1CCCCC1=O)Nc1nc(-c2ccc(F)cc2)cs1. The fourth-order valence-corrected chi connectivity index (χ4v) is 3.18. The molecule has 1 aliphatic heterocycles. The van der Waals surface area contributed by atoms with Crippen molar-refractivity contribution in [3.05, 3.63) is 35.5 Å². The zero-order chi connectivity index (χ0) is 16.2. The molecule has 0 bridgehead atoms. The van der Waals surface area contributed by atoms with Gasteiger partial charge in [0.1, 0.15) is 5.82 Å². The maximum absolute atomic E-state index is 12.9. The minimum atomic E-state index is -0.302. The number of benzene rings is 1. The first-order chi connectivity index (χ1) is 11.1. The Morgan fingerprint density at radius 2 is 2.09 bits per heavy atom. The number of likely N-dealkylation sites (tertiary alicyclic amines) is 1. The summed E-state index contributed by atoms with van der Waals surface area (Å²) in [6.07, 6.45) is 2.34. The minimum Gasteiger partial charge on any atom is -0.333 e. The third kappa shape index (κ3) is 3.92. The van der Waals surface area contributed by atoms with Gasteiger partial charge in [0.15, 0.2) is 5.13 Å². The second kappa shape index (κ2) is 6.87. The summed E-state index contributed by atoms with van der Waals surface area (Å²) in [5, 5.41) is 4.98. The summed E-state index contributed by atoms with van der Waals surface area (Å²) in [4.78, 5) is 29.6. The van der Waals surface area contributed by atoms with Gasteiger partial charge < -0.3 is 10.2 Å². The van der Waals surface area contributed by atoms with Crippen LogP contribution < -0.4 is 5.32 Å². The lowest BCUT2D eigenvalue weighted by Gasteiger charge is -2.25. The van der Waals surface area contributed by atoms with Gasteiger partial charge in [0.25, 0.3) is 0 Å². The van der Waals surface area contributed by atoms with Crippen LogP contribution in [0.3, 0.4) is 0 Å². The molecule has 2 amide bonds. The molecular weight excluding hydrogens is 317 g/mol. The molecule has 0 aliphatic carbocycles. The maximum atomic E-state index is 12.9. The number of thiazole rings is 1. The number of amides is 2. The van der Waals surface area contributed by atoms with Crippen molar-refractivity contribution in [2.75, 3.05) is 18.4 Å². The van der Waals surface area contributed by atoms with Crippen molar-refractivity contribution < 1.29 is 14.0 Å². The summed E-state index contributed by atoms with van der Waals surface area (Å²) >= 11 is 1.30. The quantitative estimate of drug-likeness (QED) is 0.936. The Bertz CT molecular complexity index is 714. The molecule has 2 heterocycles. The van der Waals surface area contributed by atoms with Gasteiger partial charge in [0.2, 0.25) is 11.8 Å². The number of rotatable bonds is 4. The van der Waals surface area contributed by atoms with Crippen molar-refractivity contribution in [1.82, 2.24) is 9.88 Å². The lowest BCUT2D eigenvalue weighted by atomic mass is 10.1. The summed E-state index contributed by atoms with van der Waals surface area (Å²) in [6, 6.07) is 6.02. The van der Waals surface area contributed by atoms with E-state index in [2.05, 4.69) is 10.3 Å². The van der Waals surface area contributed by atoms with Crippen molar-refractivity contribution >= 4 is 28.3 Å². The molecule has 1 saturated heterocycles. The third-order valence-electron chi connectivity index (χ3n) is 3.65. The fraction of sp³-hybridized carbons (Fsp3) is 0.312. The number of piperidine rings is 1. The summed E-state index contributed by atoms with van der Waals surface area (Å²) in [7, 11) is 0. The normalized spacial score (nSPS) is 14.8. The molecule has 0 spiro atoms. The number of hydrogen-bond donors (Lipinski definition) is 1. The van der Waals surface area contributed by atoms with Crippen molar-refractivity contribution in [2.45, 2.75) is 19.3 Å². The van der Waals surface area contributed by atoms with Crippen LogP contribution in [0.25, 0.3) is 11.3 Å². The highest BCUT2D eigenvalue weighted by atomic mass is 32.1. The Morgan fingerprint density at radius 3 is 2.83 bits per heavy atom. The van der Waals surface area contributed by atoms with E-state index < -0.39 is 0 Å². The summed E-state index contributed by atoms with van der Waals surface area (Å²) in [5.41, 5.74) is 1.47. The minimum absolute atomic E-state index is 0.0255. The molecule has 1 aromatic carbocycles. The van der Waals surface area contributed by atoms with E-state index in [4.69, 9.17) is 0 Å². The lowest BCUT2D eigenvalue weighted by molar-refractivity contribution is -0.136. The van der Waals surface area contributed by atoms with Gasteiger partial charge in [-0.1, -0.05) is 0 Å². The summed E-state index contributed by atoms with van der Waals surface area (Å²) in [6.45, 7) is 0.690. The van der Waals surface area contributed by atoms with Gasteiger partial charge in [-0.15, -0.1) is 11.3 Å². The largest absolute Gasteiger partial charge is 0.333 e. The second-order valence-corrected chi connectivity index (χ2v) is 6.22. The molecule has 120 valence electrons. The highest BCUT2D eigenvalue weighted by molar-refractivity contribution is 7.14. The fourth-order valence-electron chi connectivity index (χ4n) is 2.45. The number of halogens is 1. The van der Waals surface area contributed by atoms with E-state index in [9.17, 15) is 14.0 Å². The molecule has 1 aliphatic rings. The van der Waals surface area contributed by atoms with Gasteiger partial charge in [-0.3, -0.25) is 9.59 Å². The van der Waals surface area contributed by atoms with E-state index in [1.165, 1.54) is 23.5 Å². The molecule has 1 fully saturated rings. The zero-order valence-corrected chi connectivity index (χ0v) is 13.2. The first-order valence-electron chi connectivity index (χ1n) is 7.41. The van der Waals surface area contributed by atoms with E-state index >= 15 is 0 Å². The molecule has 3 rings (SSSR count). The van der Waals surface area contributed by atoms with E-state index in [0.717, 1.165) is 18.4 Å². The predicted molar refractivity (Wildman–Crippen MR) is 86.6 cm³/mol. The zero-order valence-electron chi connectivity index (χ0n) is 12.4. The summed E-state index contributed by atoms with van der Waals surface area (Å²) in [5.74, 6) is -0.526. The number of nitrogens with one attached hydrogen (secondary N) is 1. The lowest BCUT2D eigenvalue weighted by Crippen LogP contribution is -2.40. The number of carbonyl (C=O) groups is 2. The Kier molecular flexibility index (Phi) is 4.66. The standard InChI is InChI=1S/C16H16FN3O2S/c17-12-6-4-11(5-7-12)13-10-23-16(18-13)19-14(21)9-20-8-2-1-3-15(20)22/h4-7,10H,1-3,8-9H2,(H,18,19,21). The number of carbonyl (C=O) groups excluding carboxylic acids is 2. The van der Waals surface area contributed by atoms with Crippen LogP contribution in [0.4, 0.5) is 9.52 Å². The Balaban J connectivity index is 1.61. The Hall–Kier alpha value is -2.28. The predicted octanol–water partition coefficient (Wildman–Crippen LogP) is 2.90. The Morgan fingerprint density at radius 1 is 1.30 bits per heavy atom. The number of nitrogens with zero attached hydrogens (tertiary/aromatic N) is 2. The second-order valence-electron chi connectivity index (χ2n) is 5.37. The Labute approximate surface area is 137 Å². The number of hydrogen-bond acceptors (Lipinski definition) is 4. The topological polar surface area (TPSA) is 62.3 Å². The van der Waals surface area contributed by atoms with Crippen LogP contribution in [0.5, 0.6) is 0 Å². The molecule has 5 nitrogen and oxygen atoms in total. The van der Waals surface area contributed by atoms with Crippen LogP contribution in [0.1, 0.15) is 19.3 Å². The van der Waals surface area contributed by atoms with Gasteiger partial charge in [0.05, 0.1) is 12.2 Å². The van der Waals surface area contributed by atoms with Gasteiger partial charge in [-0.25, -0.2) is 9.37 Å². The van der Waals surface area contributed by atoms with Gasteiger partial charge in [-0.05, 0) is 37.1 Å². The van der Waals surface area contributed by atoms with Crippen LogP contribution in [-0.2, 0) is 9.59 Å². The van der Waals surface area contributed by atoms with E-state index in [1.807, 2.05) is 0 Å². The molecule has 23 heavy (non-hydrogen) atoms. The molecule has 0 radical (unpaired) electrons. The molecular formula is C16H16FN3O2S. The van der Waals surface area contributed by atoms with Gasteiger partial charge in [-0.2, -0.15) is 0 Å². The molecule has 0 unspecified atom stereocenters. The van der Waals surface area contributed by atoms with Gasteiger partial charge >= 0.3 is 0 Å². The van der Waals surface area contributed by atoms with Crippen molar-refractivity contribution in [2.24, 2.45) is 0 Å².